The van der Waals surface area contributed by atoms with Gasteiger partial charge in [0, 0.05) is 6.07 Å². The van der Waals surface area contributed by atoms with Gasteiger partial charge in [0.1, 0.15) is 24.0 Å². The first-order valence-corrected chi connectivity index (χ1v) is 5.34. The molecular weight excluding hydrogens is 232 g/mol. The molecule has 0 N–H and O–H groups in total. The van der Waals surface area contributed by atoms with Gasteiger partial charge in [0.05, 0.1) is 7.11 Å². The van der Waals surface area contributed by atoms with Crippen molar-refractivity contribution in [2.45, 2.75) is 0 Å². The lowest BCUT2D eigenvalue weighted by atomic mass is 10.3. The van der Waals surface area contributed by atoms with Crippen LogP contribution in [0.25, 0.3) is 17.2 Å². The molecule has 0 fully saturated rings. The summed E-state index contributed by atoms with van der Waals surface area (Å²) in [6.07, 6.45) is 2.97. The molecule has 1 aromatic carbocycles. The molecule has 0 aliphatic rings. The van der Waals surface area contributed by atoms with Crippen molar-refractivity contribution in [3.8, 4) is 23.0 Å². The van der Waals surface area contributed by atoms with Gasteiger partial charge in [-0.3, -0.25) is 0 Å². The maximum atomic E-state index is 5.31. The Morgan fingerprint density at radius 3 is 2.89 bits per heavy atom. The lowest BCUT2D eigenvalue weighted by molar-refractivity contribution is 0.411. The van der Waals surface area contributed by atoms with Crippen LogP contribution < -0.4 is 4.74 Å². The van der Waals surface area contributed by atoms with Gasteiger partial charge in [-0.2, -0.15) is 5.10 Å². The van der Waals surface area contributed by atoms with Gasteiger partial charge in [-0.1, -0.05) is 17.3 Å². The van der Waals surface area contributed by atoms with E-state index in [1.165, 1.54) is 12.6 Å². The van der Waals surface area contributed by atoms with Crippen molar-refractivity contribution >= 4 is 0 Å². The molecule has 3 aromatic rings. The summed E-state index contributed by atoms with van der Waals surface area (Å²) in [7, 11) is 1.62. The number of benzene rings is 1. The first-order valence-electron chi connectivity index (χ1n) is 5.34. The van der Waals surface area contributed by atoms with Crippen molar-refractivity contribution in [2.24, 2.45) is 0 Å². The molecule has 0 atom stereocenters. The summed E-state index contributed by atoms with van der Waals surface area (Å²) < 4.78 is 11.8. The molecule has 0 saturated heterocycles. The first kappa shape index (κ1) is 10.5. The number of nitrogens with zero attached hydrogens (tertiary/aromatic N) is 4. The molecule has 0 aliphatic carbocycles. The van der Waals surface area contributed by atoms with E-state index in [1.807, 2.05) is 24.3 Å². The third-order valence-corrected chi connectivity index (χ3v) is 2.53. The van der Waals surface area contributed by atoms with E-state index >= 15 is 0 Å². The molecule has 90 valence electrons. The Bertz CT molecular complexity index is 646. The fourth-order valence-electron chi connectivity index (χ4n) is 1.73. The third-order valence-electron chi connectivity index (χ3n) is 2.53. The largest absolute Gasteiger partial charge is 0.494 e. The molecule has 0 bridgehead atoms. The molecule has 2 aromatic heterocycles. The molecule has 6 heteroatoms. The molecule has 0 amide bonds. The summed E-state index contributed by atoms with van der Waals surface area (Å²) in [5, 5.41) is 8.06. The first-order chi connectivity index (χ1) is 8.90. The number of para-hydroxylation sites is 2. The maximum absolute atomic E-state index is 5.31. The van der Waals surface area contributed by atoms with E-state index in [0.29, 0.717) is 17.3 Å². The maximum Gasteiger partial charge on any atom is 0.185 e. The van der Waals surface area contributed by atoms with Crippen LogP contribution in [0.1, 0.15) is 0 Å². The predicted octanol–water partition coefficient (Wildman–Crippen LogP) is 1.93. The van der Waals surface area contributed by atoms with Gasteiger partial charge >= 0.3 is 0 Å². The molecule has 18 heavy (non-hydrogen) atoms. The van der Waals surface area contributed by atoms with Crippen LogP contribution in [0, 0.1) is 0 Å². The number of hydrogen-bond acceptors (Lipinski definition) is 5. The Morgan fingerprint density at radius 2 is 2.11 bits per heavy atom. The fourth-order valence-corrected chi connectivity index (χ4v) is 1.73. The number of ether oxygens (including phenoxy) is 1. The minimum absolute atomic E-state index is 0.605. The van der Waals surface area contributed by atoms with E-state index in [-0.39, 0.29) is 0 Å². The average Bonchev–Trinajstić information content (AvgIpc) is 3.09. The van der Waals surface area contributed by atoms with Crippen LogP contribution in [0.5, 0.6) is 5.75 Å². The number of rotatable bonds is 3. The van der Waals surface area contributed by atoms with Crippen molar-refractivity contribution in [1.82, 2.24) is 19.9 Å². The fraction of sp³-hybridized carbons (Fsp3) is 0.0833. The minimum Gasteiger partial charge on any atom is -0.494 e. The van der Waals surface area contributed by atoms with E-state index in [0.717, 1.165) is 5.69 Å². The van der Waals surface area contributed by atoms with Gasteiger partial charge in [0.15, 0.2) is 11.5 Å². The second kappa shape index (κ2) is 4.33. The molecule has 0 radical (unpaired) electrons. The molecule has 2 heterocycles. The van der Waals surface area contributed by atoms with Crippen molar-refractivity contribution < 1.29 is 9.26 Å². The standard InChI is InChI=1S/C12H10N4O2/c1-17-11-5-3-2-4-10(11)16-12(13-8-14-16)9-6-7-18-15-9/h2-8H,1H3. The van der Waals surface area contributed by atoms with Crippen molar-refractivity contribution in [3.05, 3.63) is 42.9 Å². The smallest absolute Gasteiger partial charge is 0.185 e. The average molecular weight is 242 g/mol. The van der Waals surface area contributed by atoms with Crippen LogP contribution in [-0.4, -0.2) is 27.0 Å². The Morgan fingerprint density at radius 1 is 1.22 bits per heavy atom. The monoisotopic (exact) mass is 242 g/mol. The van der Waals surface area contributed by atoms with Crippen molar-refractivity contribution in [2.75, 3.05) is 7.11 Å². The summed E-state index contributed by atoms with van der Waals surface area (Å²) in [4.78, 5) is 4.18. The number of aromatic nitrogens is 4. The number of methoxy groups -OCH3 is 1. The minimum atomic E-state index is 0.605. The van der Waals surface area contributed by atoms with Crippen molar-refractivity contribution in [1.29, 1.82) is 0 Å². The van der Waals surface area contributed by atoms with Crippen LogP contribution in [-0.2, 0) is 0 Å². The zero-order chi connectivity index (χ0) is 12.4. The van der Waals surface area contributed by atoms with E-state index < -0.39 is 0 Å². The molecule has 0 saturated carbocycles. The highest BCUT2D eigenvalue weighted by molar-refractivity contribution is 5.55. The second-order valence-corrected chi connectivity index (χ2v) is 3.55. The van der Waals surface area contributed by atoms with Crippen LogP contribution in [0.4, 0.5) is 0 Å². The third kappa shape index (κ3) is 1.64. The summed E-state index contributed by atoms with van der Waals surface area (Å²) in [5.41, 5.74) is 1.42. The van der Waals surface area contributed by atoms with Crippen LogP contribution >= 0.6 is 0 Å². The predicted molar refractivity (Wildman–Crippen MR) is 63.4 cm³/mol. The van der Waals surface area contributed by atoms with E-state index in [9.17, 15) is 0 Å². The SMILES string of the molecule is COc1ccccc1-n1ncnc1-c1ccon1. The molecule has 0 unspecified atom stereocenters. The van der Waals surface area contributed by atoms with E-state index in [4.69, 9.17) is 9.26 Å². The van der Waals surface area contributed by atoms with E-state index in [1.54, 1.807) is 17.9 Å². The van der Waals surface area contributed by atoms with Gasteiger partial charge < -0.3 is 9.26 Å². The molecule has 0 aliphatic heterocycles. The Hall–Kier alpha value is -2.63. The second-order valence-electron chi connectivity index (χ2n) is 3.55. The van der Waals surface area contributed by atoms with Crippen molar-refractivity contribution in [3.63, 3.8) is 0 Å². The highest BCUT2D eigenvalue weighted by Gasteiger charge is 2.14. The quantitative estimate of drug-likeness (QED) is 0.702. The summed E-state index contributed by atoms with van der Waals surface area (Å²) in [5.74, 6) is 1.32. The van der Waals surface area contributed by atoms with Crippen LogP contribution in [0.15, 0.2) is 47.4 Å². The summed E-state index contributed by atoms with van der Waals surface area (Å²) in [6, 6.07) is 9.30. The zero-order valence-electron chi connectivity index (χ0n) is 9.65. The lowest BCUT2D eigenvalue weighted by Crippen LogP contribution is -2.02. The topological polar surface area (TPSA) is 66.0 Å². The van der Waals surface area contributed by atoms with Gasteiger partial charge in [-0.15, -0.1) is 0 Å². The highest BCUT2D eigenvalue weighted by atomic mass is 16.5. The zero-order valence-corrected chi connectivity index (χ0v) is 9.65. The van der Waals surface area contributed by atoms with Gasteiger partial charge in [-0.25, -0.2) is 9.67 Å². The number of hydrogen-bond donors (Lipinski definition) is 0. The van der Waals surface area contributed by atoms with Crippen LogP contribution in [0.3, 0.4) is 0 Å². The van der Waals surface area contributed by atoms with E-state index in [2.05, 4.69) is 15.2 Å². The summed E-state index contributed by atoms with van der Waals surface area (Å²) >= 11 is 0. The molecule has 0 spiro atoms. The Kier molecular flexibility index (Phi) is 2.53. The normalized spacial score (nSPS) is 10.5. The Labute approximate surface area is 103 Å². The van der Waals surface area contributed by atoms with Crippen LogP contribution in [0.2, 0.25) is 0 Å². The Balaban J connectivity index is 2.16. The lowest BCUT2D eigenvalue weighted by Gasteiger charge is -2.08. The summed E-state index contributed by atoms with van der Waals surface area (Å²) in [6.45, 7) is 0. The molecule has 3 rings (SSSR count). The molecule has 6 nitrogen and oxygen atoms in total. The van der Waals surface area contributed by atoms with Gasteiger partial charge in [-0.05, 0) is 12.1 Å². The highest BCUT2D eigenvalue weighted by Crippen LogP contribution is 2.25. The van der Waals surface area contributed by atoms with Gasteiger partial charge in [0.2, 0.25) is 0 Å². The van der Waals surface area contributed by atoms with Gasteiger partial charge in [0.25, 0.3) is 0 Å². The molecular formula is C12H10N4O2.